The molecule has 4 rings (SSSR count). The molecule has 1 saturated carbocycles. The highest BCUT2D eigenvalue weighted by molar-refractivity contribution is 7.90. The van der Waals surface area contributed by atoms with Gasteiger partial charge in [0.1, 0.15) is 5.01 Å². The first kappa shape index (κ1) is 17.1. The Morgan fingerprint density at radius 1 is 1.24 bits per heavy atom. The van der Waals surface area contributed by atoms with E-state index in [0.717, 1.165) is 12.8 Å². The van der Waals surface area contributed by atoms with Gasteiger partial charge in [-0.2, -0.15) is 4.31 Å². The number of hydrogen-bond acceptors (Lipinski definition) is 8. The molecule has 1 amide bonds. The lowest BCUT2D eigenvalue weighted by Crippen LogP contribution is -2.48. The molecular formula is C14H21N5O4S2. The van der Waals surface area contributed by atoms with E-state index in [4.69, 9.17) is 10.5 Å². The van der Waals surface area contributed by atoms with E-state index in [2.05, 4.69) is 10.2 Å². The first-order valence-corrected chi connectivity index (χ1v) is 10.7. The Hall–Kier alpha value is -1.30. The maximum absolute atomic E-state index is 12.8. The Bertz CT molecular complexity index is 763. The van der Waals surface area contributed by atoms with E-state index in [0.29, 0.717) is 43.0 Å². The summed E-state index contributed by atoms with van der Waals surface area (Å²) >= 11 is 1.20. The number of nitrogen functional groups attached to an aromatic ring is 1. The summed E-state index contributed by atoms with van der Waals surface area (Å²) in [5, 5.41) is 8.31. The number of anilines is 1. The zero-order valence-electron chi connectivity index (χ0n) is 13.7. The van der Waals surface area contributed by atoms with E-state index >= 15 is 0 Å². The summed E-state index contributed by atoms with van der Waals surface area (Å²) in [5.74, 6) is -0.0909. The second kappa shape index (κ2) is 6.45. The normalized spacial score (nSPS) is 27.9. The van der Waals surface area contributed by atoms with Gasteiger partial charge in [-0.15, -0.1) is 10.2 Å². The second-order valence-electron chi connectivity index (χ2n) is 6.88. The van der Waals surface area contributed by atoms with Crippen molar-refractivity contribution in [2.24, 2.45) is 5.92 Å². The molecule has 0 radical (unpaired) electrons. The Labute approximate surface area is 150 Å². The lowest BCUT2D eigenvalue weighted by molar-refractivity contribution is -0.133. The van der Waals surface area contributed by atoms with E-state index in [1.54, 1.807) is 9.21 Å². The molecule has 2 atom stereocenters. The molecule has 0 spiro atoms. The third-order valence-electron chi connectivity index (χ3n) is 4.85. The topological polar surface area (TPSA) is 119 Å². The molecule has 1 aliphatic carbocycles. The van der Waals surface area contributed by atoms with Gasteiger partial charge >= 0.3 is 0 Å². The fourth-order valence-corrected chi connectivity index (χ4v) is 6.01. The van der Waals surface area contributed by atoms with Gasteiger partial charge in [-0.1, -0.05) is 11.3 Å². The van der Waals surface area contributed by atoms with Crippen LogP contribution in [0.15, 0.2) is 0 Å². The zero-order chi connectivity index (χ0) is 17.6. The van der Waals surface area contributed by atoms with Gasteiger partial charge < -0.3 is 15.4 Å². The molecule has 2 saturated heterocycles. The van der Waals surface area contributed by atoms with Crippen LogP contribution in [0, 0.1) is 5.92 Å². The van der Waals surface area contributed by atoms with Gasteiger partial charge in [0.05, 0.1) is 30.9 Å². The molecule has 1 aromatic rings. The summed E-state index contributed by atoms with van der Waals surface area (Å²) in [4.78, 5) is 14.5. The number of ether oxygens (including phenoxy) is 1. The molecule has 138 valence electrons. The molecule has 2 aliphatic heterocycles. The van der Waals surface area contributed by atoms with Crippen LogP contribution in [0.4, 0.5) is 5.13 Å². The number of aromatic nitrogens is 2. The number of hydrogen-bond donors (Lipinski definition) is 1. The Kier molecular flexibility index (Phi) is 4.42. The van der Waals surface area contributed by atoms with Crippen molar-refractivity contribution in [2.45, 2.75) is 30.6 Å². The summed E-state index contributed by atoms with van der Waals surface area (Å²) in [6.45, 7) is 2.07. The highest BCUT2D eigenvalue weighted by Gasteiger charge is 2.45. The van der Waals surface area contributed by atoms with E-state index in [9.17, 15) is 13.2 Å². The van der Waals surface area contributed by atoms with Crippen LogP contribution in [0.2, 0.25) is 0 Å². The van der Waals surface area contributed by atoms with Gasteiger partial charge in [0.25, 0.3) is 0 Å². The van der Waals surface area contributed by atoms with Crippen LogP contribution in [0.3, 0.4) is 0 Å². The van der Waals surface area contributed by atoms with Crippen molar-refractivity contribution in [3.8, 4) is 0 Å². The van der Waals surface area contributed by atoms with Crippen molar-refractivity contribution in [1.82, 2.24) is 19.4 Å². The van der Waals surface area contributed by atoms with Crippen molar-refractivity contribution in [3.63, 3.8) is 0 Å². The number of carbonyl (C=O) groups is 1. The summed E-state index contributed by atoms with van der Waals surface area (Å²) in [6, 6.07) is -0.265. The number of amides is 1. The monoisotopic (exact) mass is 387 g/mol. The Balaban J connectivity index is 1.52. The van der Waals surface area contributed by atoms with Gasteiger partial charge in [0.2, 0.25) is 21.1 Å². The molecular weight excluding hydrogens is 366 g/mol. The molecule has 0 unspecified atom stereocenters. The molecule has 2 N–H and O–H groups in total. The van der Waals surface area contributed by atoms with Crippen LogP contribution in [0.5, 0.6) is 0 Å². The van der Waals surface area contributed by atoms with Gasteiger partial charge in [-0.3, -0.25) is 4.79 Å². The van der Waals surface area contributed by atoms with Crippen LogP contribution in [0.25, 0.3) is 0 Å². The number of carbonyl (C=O) groups excluding carboxylic acids is 1. The highest BCUT2D eigenvalue weighted by atomic mass is 32.2. The number of nitrogens with two attached hydrogens (primary N) is 1. The van der Waals surface area contributed by atoms with E-state index in [1.165, 1.54) is 11.3 Å². The SMILES string of the molecule is Nc1nnc(CC(=O)N2C[C@H]3COC[C@@H]2CN(S(=O)(=O)C2CC2)C3)s1. The first-order chi connectivity index (χ1) is 11.9. The van der Waals surface area contributed by atoms with Crippen LogP contribution < -0.4 is 5.73 Å². The number of fused-ring (bicyclic) bond motifs is 3. The van der Waals surface area contributed by atoms with Crippen molar-refractivity contribution in [2.75, 3.05) is 38.6 Å². The second-order valence-corrected chi connectivity index (χ2v) is 10.2. The van der Waals surface area contributed by atoms with E-state index in [1.807, 2.05) is 0 Å². The van der Waals surface area contributed by atoms with E-state index in [-0.39, 0.29) is 29.5 Å². The van der Waals surface area contributed by atoms with Crippen molar-refractivity contribution >= 4 is 32.4 Å². The molecule has 2 bridgehead atoms. The standard InChI is InChI=1S/C14H21N5O4S2/c15-14-17-16-12(24-14)3-13(20)19-5-9-4-18(6-10(19)8-23-7-9)25(21,22)11-1-2-11/h9-11H,1-8H2,(H2,15,17)/t9-,10-/m0/s1. The van der Waals surface area contributed by atoms with E-state index < -0.39 is 10.0 Å². The minimum atomic E-state index is -3.26. The Morgan fingerprint density at radius 3 is 2.72 bits per heavy atom. The third-order valence-corrected chi connectivity index (χ3v) is 7.93. The maximum atomic E-state index is 12.8. The van der Waals surface area contributed by atoms with Gasteiger partial charge in [-0.25, -0.2) is 8.42 Å². The largest absolute Gasteiger partial charge is 0.379 e. The third kappa shape index (κ3) is 3.50. The molecule has 11 heteroatoms. The van der Waals surface area contributed by atoms with Gasteiger partial charge in [-0.05, 0) is 12.8 Å². The summed E-state index contributed by atoms with van der Waals surface area (Å²) in [7, 11) is -3.26. The molecule has 0 aromatic carbocycles. The highest BCUT2D eigenvalue weighted by Crippen LogP contribution is 2.33. The van der Waals surface area contributed by atoms with Crippen LogP contribution in [0.1, 0.15) is 17.8 Å². The summed E-state index contributed by atoms with van der Waals surface area (Å²) < 4.78 is 32.6. The molecule has 25 heavy (non-hydrogen) atoms. The quantitative estimate of drug-likeness (QED) is 0.726. The predicted octanol–water partition coefficient (Wildman–Crippen LogP) is -0.686. The Morgan fingerprint density at radius 2 is 2.04 bits per heavy atom. The van der Waals surface area contributed by atoms with Crippen LogP contribution in [-0.4, -0.2) is 77.9 Å². The smallest absolute Gasteiger partial charge is 0.229 e. The zero-order valence-corrected chi connectivity index (χ0v) is 15.3. The number of sulfonamides is 1. The lowest BCUT2D eigenvalue weighted by Gasteiger charge is -2.30. The van der Waals surface area contributed by atoms with Gasteiger partial charge in [0, 0.05) is 25.6 Å². The first-order valence-electron chi connectivity index (χ1n) is 8.37. The lowest BCUT2D eigenvalue weighted by atomic mass is 10.1. The minimum Gasteiger partial charge on any atom is -0.379 e. The fraction of sp³-hybridized carbons (Fsp3) is 0.786. The molecule has 3 fully saturated rings. The van der Waals surface area contributed by atoms with Crippen LogP contribution >= 0.6 is 11.3 Å². The number of nitrogens with zero attached hydrogens (tertiary/aromatic N) is 4. The average molecular weight is 387 g/mol. The summed E-state index contributed by atoms with van der Waals surface area (Å²) in [5.41, 5.74) is 5.57. The predicted molar refractivity (Wildman–Crippen MR) is 91.4 cm³/mol. The van der Waals surface area contributed by atoms with Crippen LogP contribution in [-0.2, 0) is 26.0 Å². The minimum absolute atomic E-state index is 0.00976. The average Bonchev–Trinajstić information content (AvgIpc) is 3.35. The fourth-order valence-electron chi connectivity index (χ4n) is 3.46. The van der Waals surface area contributed by atoms with Gasteiger partial charge in [0.15, 0.2) is 0 Å². The molecule has 3 aliphatic rings. The van der Waals surface area contributed by atoms with Crippen molar-refractivity contribution in [1.29, 1.82) is 0 Å². The summed E-state index contributed by atoms with van der Waals surface area (Å²) in [6.07, 6.45) is 1.62. The maximum Gasteiger partial charge on any atom is 0.229 e. The molecule has 9 nitrogen and oxygen atoms in total. The molecule has 1 aromatic heterocycles. The van der Waals surface area contributed by atoms with Crippen molar-refractivity contribution in [3.05, 3.63) is 5.01 Å². The molecule has 3 heterocycles. The van der Waals surface area contributed by atoms with Crippen molar-refractivity contribution < 1.29 is 17.9 Å². The number of rotatable bonds is 4.